The molecule has 0 radical (unpaired) electrons. The number of hydrogen-bond donors (Lipinski definition) is 4. The van der Waals surface area contributed by atoms with E-state index < -0.39 is 10.8 Å². The molecule has 2 amide bonds. The monoisotopic (exact) mass is 793 g/mol. The molecule has 58 heavy (non-hydrogen) atoms. The van der Waals surface area contributed by atoms with Gasteiger partial charge >= 0.3 is 0 Å². The highest BCUT2D eigenvalue weighted by Crippen LogP contribution is 2.75. The van der Waals surface area contributed by atoms with Gasteiger partial charge in [-0.25, -0.2) is 0 Å². The Balaban J connectivity index is 0.999. The molecule has 2 aromatic carbocycles. The first kappa shape index (κ1) is 39.3. The first-order valence-corrected chi connectivity index (χ1v) is 23.3. The van der Waals surface area contributed by atoms with Crippen molar-refractivity contribution < 1.29 is 18.7 Å². The van der Waals surface area contributed by atoms with Gasteiger partial charge in [0.15, 0.2) is 0 Å². The maximum atomic E-state index is 15.7. The number of ether oxygens (including phenoxy) is 1. The van der Waals surface area contributed by atoms with Gasteiger partial charge in [-0.2, -0.15) is 0 Å². The number of rotatable bonds is 11. The number of nitrogens with one attached hydrogen (secondary N) is 3. The molecule has 8 heteroatoms. The zero-order valence-electron chi connectivity index (χ0n) is 35.3. The van der Waals surface area contributed by atoms with Crippen LogP contribution in [0.4, 0.5) is 4.39 Å². The largest absolute Gasteiger partial charge is 0.381 e. The Morgan fingerprint density at radius 3 is 2.28 bits per heavy atom. The van der Waals surface area contributed by atoms with Crippen molar-refractivity contribution in [3.63, 3.8) is 0 Å². The Hall–Kier alpha value is -2.81. The second-order valence-electron chi connectivity index (χ2n) is 22.1. The summed E-state index contributed by atoms with van der Waals surface area (Å²) >= 11 is 0. The number of benzene rings is 2. The highest BCUT2D eigenvalue weighted by atomic mass is 19.1. The summed E-state index contributed by atoms with van der Waals surface area (Å²) in [5.74, 6) is 1.62. The van der Waals surface area contributed by atoms with Crippen molar-refractivity contribution in [2.24, 2.45) is 45.1 Å². The molecule has 5 N–H and O–H groups in total. The highest BCUT2D eigenvalue weighted by molar-refractivity contribution is 5.86. The Morgan fingerprint density at radius 2 is 1.53 bits per heavy atom. The standard InChI is InChI=1S/C50H69FN4O3/c1-3-58-32-46-19-34-20-47(26-46,29-49(21-34,27-46)43(56)55-41-17-18-53-24-33(41)2)38-11-9-35(10-12-38)42-36-22-45(31-51)25-48(23-36,37-7-5-4-6-8-37)30-50(42,28-45)44(57)54-40-15-13-39(52)14-16-40/h4-12,33-34,36,39-42,53H,3,13-32,52H2,1-2H3,(H,54,57)(H,55,56)/t33-,34?,36?,39?,40?,41+,42?,45-,46-,47+,48+,49?,50?/m0/s1. The molecule has 1 aliphatic heterocycles. The van der Waals surface area contributed by atoms with E-state index in [1.54, 1.807) is 0 Å². The van der Waals surface area contributed by atoms with Crippen molar-refractivity contribution in [3.05, 3.63) is 71.3 Å². The van der Waals surface area contributed by atoms with Crippen LogP contribution in [0.5, 0.6) is 0 Å². The SMILES string of the molecule is CCOC[C@]12CC3CC(C(=O)N[C@@H]4CCNC[C@@H]4C)(C1)C[C@@](c1ccc(C4C5C[C@@]6(CF)CC4(C(=O)NC4CCC(N)CC4)C[C@@](c4ccccc4)(C5)C6)cc1)(C3)C2. The second kappa shape index (κ2) is 14.4. The summed E-state index contributed by atoms with van der Waals surface area (Å²) < 4.78 is 21.9. The molecule has 11 atom stereocenters. The average molecular weight is 793 g/mol. The fraction of sp³-hybridized carbons (Fsp3) is 0.720. The minimum Gasteiger partial charge on any atom is -0.381 e. The van der Waals surface area contributed by atoms with Crippen LogP contribution in [0.1, 0.15) is 139 Å². The fourth-order valence-corrected chi connectivity index (χ4v) is 16.5. The van der Waals surface area contributed by atoms with E-state index in [1.165, 1.54) is 16.7 Å². The smallest absolute Gasteiger partial charge is 0.227 e. The number of amides is 2. The van der Waals surface area contributed by atoms with Crippen molar-refractivity contribution in [3.8, 4) is 0 Å². The summed E-state index contributed by atoms with van der Waals surface area (Å²) in [7, 11) is 0. The van der Waals surface area contributed by atoms with Gasteiger partial charge in [-0.1, -0.05) is 61.5 Å². The van der Waals surface area contributed by atoms with Gasteiger partial charge in [-0.3, -0.25) is 14.0 Å². The highest BCUT2D eigenvalue weighted by Gasteiger charge is 2.71. The van der Waals surface area contributed by atoms with Crippen LogP contribution >= 0.6 is 0 Å². The van der Waals surface area contributed by atoms with Crippen LogP contribution in [0.2, 0.25) is 0 Å². The van der Waals surface area contributed by atoms with Gasteiger partial charge in [0.2, 0.25) is 11.8 Å². The van der Waals surface area contributed by atoms with E-state index in [2.05, 4.69) is 84.4 Å². The minimum atomic E-state index is -0.682. The number of halogens is 1. The molecule has 7 nitrogen and oxygen atoms in total. The normalized spacial score (nSPS) is 44.9. The van der Waals surface area contributed by atoms with Crippen molar-refractivity contribution in [2.45, 2.75) is 151 Å². The molecular formula is C50H69FN4O3. The molecule has 8 bridgehead atoms. The van der Waals surface area contributed by atoms with Gasteiger partial charge in [0.1, 0.15) is 0 Å². The minimum absolute atomic E-state index is 0.00419. The van der Waals surface area contributed by atoms with E-state index in [1.807, 2.05) is 0 Å². The van der Waals surface area contributed by atoms with E-state index in [9.17, 15) is 4.79 Å². The number of carbonyl (C=O) groups is 2. The molecule has 10 aliphatic rings. The maximum absolute atomic E-state index is 15.7. The first-order chi connectivity index (χ1) is 28.0. The van der Waals surface area contributed by atoms with Gasteiger partial charge in [-0.05, 0) is 173 Å². The van der Waals surface area contributed by atoms with Crippen molar-refractivity contribution >= 4 is 11.8 Å². The van der Waals surface area contributed by atoms with Crippen LogP contribution < -0.4 is 21.7 Å². The molecular weight excluding hydrogens is 724 g/mol. The van der Waals surface area contributed by atoms with Crippen molar-refractivity contribution in [2.75, 3.05) is 33.0 Å². The zero-order chi connectivity index (χ0) is 40.0. The second-order valence-corrected chi connectivity index (χ2v) is 22.1. The van der Waals surface area contributed by atoms with E-state index >= 15 is 9.18 Å². The van der Waals surface area contributed by atoms with Gasteiger partial charge in [0.25, 0.3) is 0 Å². The number of alkyl halides is 1. The average Bonchev–Trinajstić information content (AvgIpc) is 3.21. The molecule has 0 spiro atoms. The molecule has 0 aromatic heterocycles. The van der Waals surface area contributed by atoms with E-state index in [-0.39, 0.29) is 70.1 Å². The number of piperidine rings is 1. The zero-order valence-corrected chi connectivity index (χ0v) is 35.3. The first-order valence-electron chi connectivity index (χ1n) is 23.3. The molecule has 9 aliphatic carbocycles. The summed E-state index contributed by atoms with van der Waals surface area (Å²) in [6, 6.07) is 20.9. The predicted molar refractivity (Wildman–Crippen MR) is 226 cm³/mol. The molecule has 10 fully saturated rings. The van der Waals surface area contributed by atoms with Crippen LogP contribution in [0, 0.1) is 39.4 Å². The third-order valence-corrected chi connectivity index (χ3v) is 18.0. The quantitative estimate of drug-likeness (QED) is 0.185. The van der Waals surface area contributed by atoms with Crippen LogP contribution in [0.25, 0.3) is 0 Å². The van der Waals surface area contributed by atoms with E-state index in [4.69, 9.17) is 10.5 Å². The van der Waals surface area contributed by atoms with Crippen LogP contribution in [-0.2, 0) is 25.2 Å². The van der Waals surface area contributed by atoms with Crippen LogP contribution in [0.15, 0.2) is 54.6 Å². The maximum Gasteiger partial charge on any atom is 0.227 e. The summed E-state index contributed by atoms with van der Waals surface area (Å²) in [4.78, 5) is 29.9. The number of carbonyl (C=O) groups excluding carboxylic acids is 2. The lowest BCUT2D eigenvalue weighted by molar-refractivity contribution is -0.174. The lowest BCUT2D eigenvalue weighted by Crippen LogP contribution is -2.67. The molecule has 2 aromatic rings. The van der Waals surface area contributed by atoms with Crippen LogP contribution in [0.3, 0.4) is 0 Å². The molecule has 314 valence electrons. The van der Waals surface area contributed by atoms with E-state index in [0.717, 1.165) is 116 Å². The lowest BCUT2D eigenvalue weighted by atomic mass is 9.34. The predicted octanol–water partition coefficient (Wildman–Crippen LogP) is 8.00. The summed E-state index contributed by atoms with van der Waals surface area (Å²) in [5.41, 5.74) is 8.37. The topological polar surface area (TPSA) is 105 Å². The Kier molecular flexibility index (Phi) is 9.76. The number of nitrogens with two attached hydrogens (primary N) is 1. The lowest BCUT2D eigenvalue weighted by Gasteiger charge is -2.69. The third kappa shape index (κ3) is 6.34. The molecule has 9 saturated carbocycles. The fourth-order valence-electron chi connectivity index (χ4n) is 16.5. The summed E-state index contributed by atoms with van der Waals surface area (Å²) in [6.07, 6.45) is 14.9. The summed E-state index contributed by atoms with van der Waals surface area (Å²) in [5, 5.41) is 10.7. The molecule has 1 heterocycles. The van der Waals surface area contributed by atoms with Crippen LogP contribution in [-0.4, -0.2) is 62.9 Å². The Bertz CT molecular complexity index is 1870. The van der Waals surface area contributed by atoms with Gasteiger partial charge in [-0.15, -0.1) is 0 Å². The van der Waals surface area contributed by atoms with Gasteiger partial charge in [0, 0.05) is 36.1 Å². The van der Waals surface area contributed by atoms with Gasteiger partial charge < -0.3 is 26.4 Å². The molecule has 1 saturated heterocycles. The number of hydrogen-bond acceptors (Lipinski definition) is 5. The van der Waals surface area contributed by atoms with Gasteiger partial charge in [0.05, 0.1) is 24.1 Å². The Labute approximate surface area is 346 Å². The summed E-state index contributed by atoms with van der Waals surface area (Å²) in [6.45, 7) is 7.32. The molecule has 12 rings (SSSR count). The van der Waals surface area contributed by atoms with E-state index in [0.29, 0.717) is 24.9 Å². The van der Waals surface area contributed by atoms with Crippen molar-refractivity contribution in [1.29, 1.82) is 0 Å². The molecule has 5 unspecified atom stereocenters. The third-order valence-electron chi connectivity index (χ3n) is 18.0. The van der Waals surface area contributed by atoms with Crippen molar-refractivity contribution in [1.82, 2.24) is 16.0 Å². The Morgan fingerprint density at radius 1 is 0.793 bits per heavy atom.